The molecule has 0 radical (unpaired) electrons. The fraction of sp³-hybridized carbons (Fsp3) is 0.312. The van der Waals surface area contributed by atoms with E-state index in [0.29, 0.717) is 5.13 Å². The lowest BCUT2D eigenvalue weighted by molar-refractivity contribution is -0.116. The Morgan fingerprint density at radius 3 is 2.72 bits per heavy atom. The van der Waals surface area contributed by atoms with Crippen molar-refractivity contribution in [3.63, 3.8) is 0 Å². The summed E-state index contributed by atoms with van der Waals surface area (Å²) in [7, 11) is -3.59. The van der Waals surface area contributed by atoms with Crippen LogP contribution in [-0.4, -0.2) is 31.1 Å². The molecule has 0 atom stereocenters. The lowest BCUT2D eigenvalue weighted by Gasteiger charge is -2.03. The molecule has 1 amide bonds. The van der Waals surface area contributed by atoms with Crippen LogP contribution in [0.15, 0.2) is 35.7 Å². The zero-order chi connectivity index (χ0) is 18.1. The third-order valence-electron chi connectivity index (χ3n) is 3.07. The van der Waals surface area contributed by atoms with Crippen molar-refractivity contribution < 1.29 is 13.2 Å². The molecule has 2 N–H and O–H groups in total. The van der Waals surface area contributed by atoms with E-state index in [1.807, 2.05) is 25.1 Å². The number of anilines is 1. The van der Waals surface area contributed by atoms with Crippen molar-refractivity contribution in [3.05, 3.63) is 46.3 Å². The molecule has 1 heterocycles. The van der Waals surface area contributed by atoms with Crippen LogP contribution in [-0.2, 0) is 21.2 Å². The van der Waals surface area contributed by atoms with Gasteiger partial charge in [0.1, 0.15) is 5.01 Å². The first-order valence-electron chi connectivity index (χ1n) is 7.83. The fourth-order valence-corrected chi connectivity index (χ4v) is 3.56. The van der Waals surface area contributed by atoms with Gasteiger partial charge in [-0.15, -0.1) is 10.2 Å². The van der Waals surface area contributed by atoms with Crippen LogP contribution in [0.3, 0.4) is 0 Å². The highest BCUT2D eigenvalue weighted by atomic mass is 32.2. The first kappa shape index (κ1) is 19.2. The number of aromatic nitrogens is 2. The molecule has 2 rings (SSSR count). The number of aryl methyl sites for hydroxylation is 1. The van der Waals surface area contributed by atoms with E-state index in [4.69, 9.17) is 0 Å². The molecule has 0 saturated heterocycles. The first-order chi connectivity index (χ1) is 12.0. The normalized spacial score (nSPS) is 11.7. The molecule has 25 heavy (non-hydrogen) atoms. The van der Waals surface area contributed by atoms with Crippen LogP contribution in [0.2, 0.25) is 0 Å². The summed E-state index contributed by atoms with van der Waals surface area (Å²) in [5.41, 5.74) is 0.782. The zero-order valence-corrected chi connectivity index (χ0v) is 15.4. The van der Waals surface area contributed by atoms with E-state index in [9.17, 15) is 13.2 Å². The van der Waals surface area contributed by atoms with E-state index in [-0.39, 0.29) is 18.9 Å². The molecule has 0 fully saturated rings. The Morgan fingerprint density at radius 2 is 2.00 bits per heavy atom. The fourth-order valence-electron chi connectivity index (χ4n) is 1.89. The molecular formula is C16H20N4O3S2. The second-order valence-corrected chi connectivity index (χ2v) is 7.91. The minimum absolute atomic E-state index is 0.00785. The Bertz CT molecular complexity index is 817. The van der Waals surface area contributed by atoms with Crippen LogP contribution in [0.1, 0.15) is 30.3 Å². The van der Waals surface area contributed by atoms with E-state index >= 15 is 0 Å². The maximum atomic E-state index is 11.9. The summed E-state index contributed by atoms with van der Waals surface area (Å²) in [6.45, 7) is 2.05. The molecule has 134 valence electrons. The molecule has 7 nitrogen and oxygen atoms in total. The van der Waals surface area contributed by atoms with Gasteiger partial charge in [-0.05, 0) is 18.1 Å². The summed E-state index contributed by atoms with van der Waals surface area (Å²) >= 11 is 1.33. The number of benzene rings is 1. The monoisotopic (exact) mass is 380 g/mol. The topological polar surface area (TPSA) is 101 Å². The van der Waals surface area contributed by atoms with Gasteiger partial charge in [0.05, 0.1) is 0 Å². The van der Waals surface area contributed by atoms with E-state index in [2.05, 4.69) is 20.2 Å². The maximum absolute atomic E-state index is 11.9. The molecule has 0 spiro atoms. The van der Waals surface area contributed by atoms with Crippen LogP contribution in [0, 0.1) is 0 Å². The highest BCUT2D eigenvalue weighted by molar-refractivity contribution is 7.92. The number of sulfonamides is 1. The lowest BCUT2D eigenvalue weighted by atomic mass is 10.2. The van der Waals surface area contributed by atoms with Gasteiger partial charge in [0.2, 0.25) is 21.1 Å². The Morgan fingerprint density at radius 1 is 1.24 bits per heavy atom. The van der Waals surface area contributed by atoms with Crippen molar-refractivity contribution in [1.29, 1.82) is 0 Å². The van der Waals surface area contributed by atoms with Gasteiger partial charge in [-0.1, -0.05) is 48.6 Å². The zero-order valence-electron chi connectivity index (χ0n) is 13.8. The number of hydrogen-bond acceptors (Lipinski definition) is 6. The van der Waals surface area contributed by atoms with Gasteiger partial charge in [-0.2, -0.15) is 0 Å². The molecule has 9 heteroatoms. The van der Waals surface area contributed by atoms with Gasteiger partial charge in [0, 0.05) is 24.8 Å². The molecule has 0 bridgehead atoms. The van der Waals surface area contributed by atoms with Crippen LogP contribution in [0.25, 0.3) is 6.08 Å². The maximum Gasteiger partial charge on any atom is 0.233 e. The number of carbonyl (C=O) groups excluding carboxylic acids is 1. The van der Waals surface area contributed by atoms with Crippen LogP contribution < -0.4 is 10.0 Å². The van der Waals surface area contributed by atoms with Crippen molar-refractivity contribution >= 4 is 38.5 Å². The van der Waals surface area contributed by atoms with Gasteiger partial charge in [-0.25, -0.2) is 13.1 Å². The summed E-state index contributed by atoms with van der Waals surface area (Å²) in [5.74, 6) is -0.311. The third-order valence-corrected chi connectivity index (χ3v) is 5.07. The van der Waals surface area contributed by atoms with E-state index in [1.165, 1.54) is 17.4 Å². The van der Waals surface area contributed by atoms with Crippen molar-refractivity contribution in [1.82, 2.24) is 14.9 Å². The number of amides is 1. The van der Waals surface area contributed by atoms with Crippen molar-refractivity contribution in [2.75, 3.05) is 11.9 Å². The summed E-state index contributed by atoms with van der Waals surface area (Å²) in [5, 5.41) is 12.8. The standard InChI is InChI=1S/C16H20N4O3S2/c1-2-6-15-19-20-16(24-15)18-14(21)9-11-17-25(22,23)12-10-13-7-4-3-5-8-13/h3-5,7-8,10,12,17H,2,6,9,11H2,1H3,(H,18,20,21)/b12-10+. The van der Waals surface area contributed by atoms with Crippen LogP contribution in [0.5, 0.6) is 0 Å². The second kappa shape index (κ2) is 9.40. The predicted molar refractivity (Wildman–Crippen MR) is 99.5 cm³/mol. The van der Waals surface area contributed by atoms with Gasteiger partial charge >= 0.3 is 0 Å². The van der Waals surface area contributed by atoms with Gasteiger partial charge in [-0.3, -0.25) is 4.79 Å². The highest BCUT2D eigenvalue weighted by Crippen LogP contribution is 2.16. The summed E-state index contributed by atoms with van der Waals surface area (Å²) < 4.78 is 26.1. The lowest BCUT2D eigenvalue weighted by Crippen LogP contribution is -2.26. The number of nitrogens with zero attached hydrogens (tertiary/aromatic N) is 2. The minimum atomic E-state index is -3.59. The van der Waals surface area contributed by atoms with Crippen molar-refractivity contribution in [3.8, 4) is 0 Å². The molecular weight excluding hydrogens is 360 g/mol. The Kier molecular flexibility index (Phi) is 7.23. The Balaban J connectivity index is 1.76. The molecule has 0 aliphatic carbocycles. The van der Waals surface area contributed by atoms with Crippen LogP contribution >= 0.6 is 11.3 Å². The van der Waals surface area contributed by atoms with Gasteiger partial charge < -0.3 is 5.32 Å². The first-order valence-corrected chi connectivity index (χ1v) is 10.2. The molecule has 0 saturated carbocycles. The molecule has 0 unspecified atom stereocenters. The number of hydrogen-bond donors (Lipinski definition) is 2. The molecule has 1 aromatic heterocycles. The Labute approximate surface area is 151 Å². The summed E-state index contributed by atoms with van der Waals surface area (Å²) in [4.78, 5) is 11.8. The van der Waals surface area contributed by atoms with Crippen molar-refractivity contribution in [2.45, 2.75) is 26.2 Å². The molecule has 0 aliphatic heterocycles. The number of nitrogens with one attached hydrogen (secondary N) is 2. The second-order valence-electron chi connectivity index (χ2n) is 5.20. The Hall–Kier alpha value is -2.10. The van der Waals surface area contributed by atoms with E-state index < -0.39 is 10.0 Å². The third kappa shape index (κ3) is 7.12. The van der Waals surface area contributed by atoms with Gasteiger partial charge in [0.25, 0.3) is 0 Å². The average molecular weight is 380 g/mol. The SMILES string of the molecule is CCCc1nnc(NC(=O)CCNS(=O)(=O)/C=C/c2ccccc2)s1. The van der Waals surface area contributed by atoms with Crippen LogP contribution in [0.4, 0.5) is 5.13 Å². The quantitative estimate of drug-likeness (QED) is 0.696. The molecule has 1 aromatic carbocycles. The average Bonchev–Trinajstić information content (AvgIpc) is 3.01. The van der Waals surface area contributed by atoms with E-state index in [1.54, 1.807) is 12.1 Å². The largest absolute Gasteiger partial charge is 0.300 e. The molecule has 2 aromatic rings. The van der Waals surface area contributed by atoms with E-state index in [0.717, 1.165) is 28.8 Å². The van der Waals surface area contributed by atoms with Gasteiger partial charge in [0.15, 0.2) is 0 Å². The van der Waals surface area contributed by atoms with Crippen molar-refractivity contribution in [2.24, 2.45) is 0 Å². The number of rotatable bonds is 9. The summed E-state index contributed by atoms with van der Waals surface area (Å²) in [6.07, 6.45) is 3.29. The molecule has 0 aliphatic rings. The predicted octanol–water partition coefficient (Wildman–Crippen LogP) is 2.41. The summed E-state index contributed by atoms with van der Waals surface area (Å²) in [6, 6.07) is 9.10. The number of carbonyl (C=O) groups is 1. The highest BCUT2D eigenvalue weighted by Gasteiger charge is 2.10. The smallest absolute Gasteiger partial charge is 0.233 e. The minimum Gasteiger partial charge on any atom is -0.300 e.